The fourth-order valence-electron chi connectivity index (χ4n) is 4.00. The molecule has 1 unspecified atom stereocenters. The molecule has 0 saturated carbocycles. The fourth-order valence-corrected chi connectivity index (χ4v) is 4.00. The van der Waals surface area contributed by atoms with Crippen molar-refractivity contribution in [1.82, 2.24) is 10.1 Å². The van der Waals surface area contributed by atoms with Crippen molar-refractivity contribution < 1.29 is 18.4 Å². The molecule has 7 heteroatoms. The minimum atomic E-state index is -0.230. The number of anilines is 1. The molecule has 1 N–H and O–H groups in total. The van der Waals surface area contributed by atoms with Gasteiger partial charge in [-0.05, 0) is 61.6 Å². The quantitative estimate of drug-likeness (QED) is 0.486. The summed E-state index contributed by atoms with van der Waals surface area (Å²) >= 11 is 0. The summed E-state index contributed by atoms with van der Waals surface area (Å²) in [6, 6.07) is 14.3. The molecule has 1 aliphatic heterocycles. The molecule has 2 heterocycles. The molecular formula is C27H30FN3O3. The van der Waals surface area contributed by atoms with Gasteiger partial charge in [0.05, 0.1) is 12.3 Å². The molecule has 4 rings (SSSR count). The Kier molecular flexibility index (Phi) is 7.30. The molecule has 0 aliphatic carbocycles. The van der Waals surface area contributed by atoms with Gasteiger partial charge in [-0.15, -0.1) is 0 Å². The molecule has 2 aromatic carbocycles. The molecule has 6 nitrogen and oxygen atoms in total. The number of nitrogens with one attached hydrogen (secondary N) is 1. The van der Waals surface area contributed by atoms with Crippen molar-refractivity contribution in [3.8, 4) is 5.75 Å². The van der Waals surface area contributed by atoms with Crippen LogP contribution in [0.3, 0.4) is 0 Å². The Bertz CT molecular complexity index is 1170. The summed E-state index contributed by atoms with van der Waals surface area (Å²) in [6.07, 6.45) is 3.71. The van der Waals surface area contributed by atoms with Crippen molar-refractivity contribution in [3.05, 3.63) is 82.3 Å². The van der Waals surface area contributed by atoms with Crippen LogP contribution in [0.1, 0.15) is 35.7 Å². The molecular weight excluding hydrogens is 433 g/mol. The van der Waals surface area contributed by atoms with Crippen molar-refractivity contribution >= 4 is 18.0 Å². The van der Waals surface area contributed by atoms with Crippen molar-refractivity contribution in [2.75, 3.05) is 25.0 Å². The maximum Gasteiger partial charge on any atom is 0.324 e. The molecule has 1 saturated heterocycles. The summed E-state index contributed by atoms with van der Waals surface area (Å²) in [5.41, 5.74) is 5.04. The van der Waals surface area contributed by atoms with Crippen molar-refractivity contribution in [1.29, 1.82) is 0 Å². The van der Waals surface area contributed by atoms with Crippen LogP contribution < -0.4 is 10.1 Å². The van der Waals surface area contributed by atoms with Gasteiger partial charge in [0.1, 0.15) is 11.6 Å². The van der Waals surface area contributed by atoms with Gasteiger partial charge in [-0.2, -0.15) is 0 Å². The first-order chi connectivity index (χ1) is 16.4. The molecule has 1 fully saturated rings. The van der Waals surface area contributed by atoms with Crippen LogP contribution in [-0.4, -0.2) is 35.8 Å². The number of hydrogen-bond donors (Lipinski definition) is 1. The van der Waals surface area contributed by atoms with Crippen molar-refractivity contribution in [2.45, 2.75) is 33.6 Å². The van der Waals surface area contributed by atoms with Gasteiger partial charge in [0.15, 0.2) is 0 Å². The van der Waals surface area contributed by atoms with E-state index in [1.165, 1.54) is 17.7 Å². The zero-order valence-electron chi connectivity index (χ0n) is 19.8. The summed E-state index contributed by atoms with van der Waals surface area (Å²) in [5, 5.41) is 6.72. The number of amides is 2. The lowest BCUT2D eigenvalue weighted by Gasteiger charge is -2.33. The summed E-state index contributed by atoms with van der Waals surface area (Å²) < 4.78 is 24.2. The number of urea groups is 1. The standard InChI is InChI=1S/C27H30FN3O3/c1-18-17-31(27(32)29-26-19(2)20(3)30-34-26)13-11-23(18)15-22-5-4-6-25(16-22)33-14-12-21-7-9-24(28)10-8-21/h4-10,15-16,18H,11-14,17H2,1-3H3,(H,29,32). The SMILES string of the molecule is Cc1noc(NC(=O)N2CCC(=Cc3cccc(OCCc4ccc(F)cc4)c3)C(C)C2)c1C. The Hall–Kier alpha value is -3.61. The maximum absolute atomic E-state index is 13.0. The molecule has 1 aromatic heterocycles. The normalized spacial score (nSPS) is 17.1. The van der Waals surface area contributed by atoms with Crippen LogP contribution in [0.4, 0.5) is 15.1 Å². The van der Waals surface area contributed by atoms with Crippen LogP contribution >= 0.6 is 0 Å². The Labute approximate surface area is 199 Å². The lowest BCUT2D eigenvalue weighted by Crippen LogP contribution is -2.42. The number of rotatable bonds is 6. The van der Waals surface area contributed by atoms with E-state index in [1.54, 1.807) is 12.1 Å². The maximum atomic E-state index is 13.0. The number of carbonyl (C=O) groups is 1. The highest BCUT2D eigenvalue weighted by Gasteiger charge is 2.25. The van der Waals surface area contributed by atoms with E-state index >= 15 is 0 Å². The minimum Gasteiger partial charge on any atom is -0.493 e. The Balaban J connectivity index is 1.32. The minimum absolute atomic E-state index is 0.165. The van der Waals surface area contributed by atoms with E-state index in [-0.39, 0.29) is 17.8 Å². The lowest BCUT2D eigenvalue weighted by molar-refractivity contribution is 0.197. The predicted octanol–water partition coefficient (Wildman–Crippen LogP) is 6.01. The van der Waals surface area contributed by atoms with Crippen LogP contribution in [0, 0.1) is 25.6 Å². The summed E-state index contributed by atoms with van der Waals surface area (Å²) in [6.45, 7) is 7.66. The number of halogens is 1. The first kappa shape index (κ1) is 23.5. The third kappa shape index (κ3) is 5.84. The highest BCUT2D eigenvalue weighted by molar-refractivity contribution is 5.88. The second kappa shape index (κ2) is 10.5. The largest absolute Gasteiger partial charge is 0.493 e. The lowest BCUT2D eigenvalue weighted by atomic mass is 9.91. The van der Waals surface area contributed by atoms with E-state index in [0.717, 1.165) is 34.6 Å². The molecule has 178 valence electrons. The first-order valence-corrected chi connectivity index (χ1v) is 11.6. The molecule has 2 amide bonds. The Morgan fingerprint density at radius 2 is 2.06 bits per heavy atom. The van der Waals surface area contributed by atoms with Crippen molar-refractivity contribution in [2.24, 2.45) is 5.92 Å². The van der Waals surface area contributed by atoms with E-state index in [1.807, 2.05) is 36.9 Å². The summed E-state index contributed by atoms with van der Waals surface area (Å²) in [4.78, 5) is 14.5. The van der Waals surface area contributed by atoms with Crippen LogP contribution in [0.2, 0.25) is 0 Å². The number of likely N-dealkylation sites (tertiary alicyclic amines) is 1. The second-order valence-corrected chi connectivity index (χ2v) is 8.77. The number of carbonyl (C=O) groups excluding carboxylic acids is 1. The Morgan fingerprint density at radius 1 is 1.26 bits per heavy atom. The van der Waals surface area contributed by atoms with Gasteiger partial charge in [-0.1, -0.05) is 48.0 Å². The van der Waals surface area contributed by atoms with E-state index in [2.05, 4.69) is 29.5 Å². The van der Waals surface area contributed by atoms with Gasteiger partial charge in [-0.25, -0.2) is 9.18 Å². The molecule has 0 spiro atoms. The van der Waals surface area contributed by atoms with Crippen LogP contribution in [0.25, 0.3) is 6.08 Å². The van der Waals surface area contributed by atoms with Crippen LogP contribution in [-0.2, 0) is 6.42 Å². The molecule has 1 aliphatic rings. The zero-order valence-corrected chi connectivity index (χ0v) is 19.8. The van der Waals surface area contributed by atoms with Gasteiger partial charge in [0.25, 0.3) is 0 Å². The average Bonchev–Trinajstić information content (AvgIpc) is 3.14. The average molecular weight is 464 g/mol. The van der Waals surface area contributed by atoms with Crippen molar-refractivity contribution in [3.63, 3.8) is 0 Å². The number of hydrogen-bond acceptors (Lipinski definition) is 4. The molecule has 34 heavy (non-hydrogen) atoms. The number of benzene rings is 2. The molecule has 1 atom stereocenters. The zero-order chi connectivity index (χ0) is 24.1. The third-order valence-electron chi connectivity index (χ3n) is 6.25. The third-order valence-corrected chi connectivity index (χ3v) is 6.25. The fraction of sp³-hybridized carbons (Fsp3) is 0.333. The molecule has 3 aromatic rings. The van der Waals surface area contributed by atoms with Gasteiger partial charge in [-0.3, -0.25) is 5.32 Å². The first-order valence-electron chi connectivity index (χ1n) is 11.6. The van der Waals surface area contributed by atoms with Gasteiger partial charge in [0, 0.05) is 25.1 Å². The highest BCUT2D eigenvalue weighted by atomic mass is 19.1. The van der Waals surface area contributed by atoms with Gasteiger partial charge >= 0.3 is 6.03 Å². The summed E-state index contributed by atoms with van der Waals surface area (Å²) in [7, 11) is 0. The van der Waals surface area contributed by atoms with E-state index in [4.69, 9.17) is 9.26 Å². The monoisotopic (exact) mass is 463 g/mol. The summed E-state index contributed by atoms with van der Waals surface area (Å²) in [5.74, 6) is 1.22. The van der Waals surface area contributed by atoms with Gasteiger partial charge in [0.2, 0.25) is 5.88 Å². The van der Waals surface area contributed by atoms with E-state index in [0.29, 0.717) is 32.0 Å². The predicted molar refractivity (Wildman–Crippen MR) is 130 cm³/mol. The van der Waals surface area contributed by atoms with Gasteiger partial charge < -0.3 is 14.2 Å². The topological polar surface area (TPSA) is 67.6 Å². The number of ether oxygens (including phenoxy) is 1. The highest BCUT2D eigenvalue weighted by Crippen LogP contribution is 2.27. The molecule has 0 radical (unpaired) electrons. The van der Waals surface area contributed by atoms with E-state index < -0.39 is 0 Å². The number of nitrogens with zero attached hydrogens (tertiary/aromatic N) is 2. The van der Waals surface area contributed by atoms with E-state index in [9.17, 15) is 9.18 Å². The Morgan fingerprint density at radius 3 is 2.76 bits per heavy atom. The smallest absolute Gasteiger partial charge is 0.324 e. The second-order valence-electron chi connectivity index (χ2n) is 8.77. The number of piperidine rings is 1. The number of aromatic nitrogens is 1. The van der Waals surface area contributed by atoms with Crippen LogP contribution in [0.5, 0.6) is 5.75 Å². The molecule has 0 bridgehead atoms. The van der Waals surface area contributed by atoms with Crippen LogP contribution in [0.15, 0.2) is 58.6 Å². The number of aryl methyl sites for hydroxylation is 1.